The molecule has 25 heavy (non-hydrogen) atoms. The average molecular weight is 370 g/mol. The Morgan fingerprint density at radius 1 is 1.08 bits per heavy atom. The van der Waals surface area contributed by atoms with Crippen molar-refractivity contribution in [3.05, 3.63) is 58.1 Å². The highest BCUT2D eigenvalue weighted by molar-refractivity contribution is 6.33. The largest absolute Gasteiger partial charge is 0.493 e. The SMILES string of the molecule is CCN(Cc1ccc(OC)c(OC)c1)C(=O)c1cc(F)c(F)cc1Cl. The normalized spacial score (nSPS) is 10.5. The Hall–Kier alpha value is -2.34. The van der Waals surface area contributed by atoms with Gasteiger partial charge in [0.25, 0.3) is 5.91 Å². The minimum Gasteiger partial charge on any atom is -0.493 e. The van der Waals surface area contributed by atoms with Crippen LogP contribution in [0.1, 0.15) is 22.8 Å². The molecule has 0 saturated heterocycles. The van der Waals surface area contributed by atoms with Gasteiger partial charge in [0.05, 0.1) is 24.8 Å². The molecule has 0 spiro atoms. The summed E-state index contributed by atoms with van der Waals surface area (Å²) in [6.45, 7) is 2.40. The maximum absolute atomic E-state index is 13.5. The molecule has 0 saturated carbocycles. The van der Waals surface area contributed by atoms with Crippen LogP contribution in [0.5, 0.6) is 11.5 Å². The molecule has 0 radical (unpaired) electrons. The summed E-state index contributed by atoms with van der Waals surface area (Å²) >= 11 is 5.90. The fourth-order valence-electron chi connectivity index (χ4n) is 2.38. The third kappa shape index (κ3) is 4.20. The third-order valence-electron chi connectivity index (χ3n) is 3.73. The molecule has 0 aliphatic heterocycles. The number of rotatable bonds is 6. The molecular weight excluding hydrogens is 352 g/mol. The van der Waals surface area contributed by atoms with E-state index in [0.717, 1.165) is 17.7 Å². The fraction of sp³-hybridized carbons (Fsp3) is 0.278. The molecule has 0 fully saturated rings. The van der Waals surface area contributed by atoms with Crippen LogP contribution in [0.25, 0.3) is 0 Å². The van der Waals surface area contributed by atoms with Gasteiger partial charge >= 0.3 is 0 Å². The molecular formula is C18H18ClF2NO3. The van der Waals surface area contributed by atoms with E-state index in [1.165, 1.54) is 19.1 Å². The second kappa shape index (κ2) is 8.16. The molecule has 0 bridgehead atoms. The highest BCUT2D eigenvalue weighted by Crippen LogP contribution is 2.28. The Morgan fingerprint density at radius 2 is 1.72 bits per heavy atom. The fourth-order valence-corrected chi connectivity index (χ4v) is 2.61. The maximum atomic E-state index is 13.5. The molecule has 2 aromatic carbocycles. The van der Waals surface area contributed by atoms with E-state index in [4.69, 9.17) is 21.1 Å². The Morgan fingerprint density at radius 3 is 2.32 bits per heavy atom. The number of hydrogen-bond acceptors (Lipinski definition) is 3. The number of amides is 1. The lowest BCUT2D eigenvalue weighted by Gasteiger charge is -2.22. The quantitative estimate of drug-likeness (QED) is 0.713. The number of methoxy groups -OCH3 is 2. The van der Waals surface area contributed by atoms with E-state index >= 15 is 0 Å². The zero-order valence-electron chi connectivity index (χ0n) is 14.1. The summed E-state index contributed by atoms with van der Waals surface area (Å²) in [4.78, 5) is 14.1. The van der Waals surface area contributed by atoms with Crippen LogP contribution in [0.4, 0.5) is 8.78 Å². The minimum atomic E-state index is -1.12. The molecule has 0 aliphatic rings. The number of halogens is 3. The van der Waals surface area contributed by atoms with E-state index in [2.05, 4.69) is 0 Å². The second-order valence-electron chi connectivity index (χ2n) is 5.25. The van der Waals surface area contributed by atoms with Gasteiger partial charge in [-0.2, -0.15) is 0 Å². The van der Waals surface area contributed by atoms with Crippen LogP contribution >= 0.6 is 11.6 Å². The molecule has 134 valence electrons. The molecule has 0 N–H and O–H groups in total. The van der Waals surface area contributed by atoms with Gasteiger partial charge in [-0.3, -0.25) is 4.79 Å². The van der Waals surface area contributed by atoms with Crippen molar-refractivity contribution in [1.82, 2.24) is 4.90 Å². The first-order chi connectivity index (χ1) is 11.9. The van der Waals surface area contributed by atoms with Crippen LogP contribution in [-0.4, -0.2) is 31.6 Å². The van der Waals surface area contributed by atoms with Crippen molar-refractivity contribution in [1.29, 1.82) is 0 Å². The van der Waals surface area contributed by atoms with E-state index in [0.29, 0.717) is 18.0 Å². The molecule has 0 aliphatic carbocycles. The second-order valence-corrected chi connectivity index (χ2v) is 5.66. The van der Waals surface area contributed by atoms with E-state index < -0.39 is 17.5 Å². The molecule has 0 atom stereocenters. The van der Waals surface area contributed by atoms with Crippen LogP contribution in [-0.2, 0) is 6.54 Å². The lowest BCUT2D eigenvalue weighted by molar-refractivity contribution is 0.0752. The zero-order chi connectivity index (χ0) is 18.6. The van der Waals surface area contributed by atoms with Crippen molar-refractivity contribution in [3.8, 4) is 11.5 Å². The highest BCUT2D eigenvalue weighted by Gasteiger charge is 2.20. The first kappa shape index (κ1) is 19.0. The first-order valence-corrected chi connectivity index (χ1v) is 7.93. The van der Waals surface area contributed by atoms with Gasteiger partial charge in [0.1, 0.15) is 0 Å². The van der Waals surface area contributed by atoms with Crippen LogP contribution in [0.15, 0.2) is 30.3 Å². The van der Waals surface area contributed by atoms with Crippen molar-refractivity contribution < 1.29 is 23.0 Å². The van der Waals surface area contributed by atoms with E-state index in [1.807, 2.05) is 0 Å². The Bertz CT molecular complexity index is 783. The van der Waals surface area contributed by atoms with Gasteiger partial charge in [0.2, 0.25) is 0 Å². The molecule has 2 rings (SSSR count). The van der Waals surface area contributed by atoms with Crippen molar-refractivity contribution in [2.24, 2.45) is 0 Å². The summed E-state index contributed by atoms with van der Waals surface area (Å²) in [6.07, 6.45) is 0. The molecule has 0 aromatic heterocycles. The van der Waals surface area contributed by atoms with Gasteiger partial charge in [-0.25, -0.2) is 8.78 Å². The molecule has 7 heteroatoms. The van der Waals surface area contributed by atoms with Gasteiger partial charge in [-0.05, 0) is 36.8 Å². The summed E-state index contributed by atoms with van der Waals surface area (Å²) in [5.74, 6) is -1.58. The van der Waals surface area contributed by atoms with Crippen molar-refractivity contribution in [2.45, 2.75) is 13.5 Å². The van der Waals surface area contributed by atoms with Crippen LogP contribution in [0.3, 0.4) is 0 Å². The number of carbonyl (C=O) groups excluding carboxylic acids is 1. The number of benzene rings is 2. The standard InChI is InChI=1S/C18H18ClF2NO3/c1-4-22(10-11-5-6-16(24-2)17(7-11)25-3)18(23)12-8-14(20)15(21)9-13(12)19/h5-9H,4,10H2,1-3H3. The predicted octanol–water partition coefficient (Wildman–Crippen LogP) is 4.30. The summed E-state index contributed by atoms with van der Waals surface area (Å²) < 4.78 is 37.1. The number of carbonyl (C=O) groups is 1. The average Bonchev–Trinajstić information content (AvgIpc) is 2.61. The number of hydrogen-bond donors (Lipinski definition) is 0. The van der Waals surface area contributed by atoms with Gasteiger partial charge in [0.15, 0.2) is 23.1 Å². The van der Waals surface area contributed by atoms with E-state index in [9.17, 15) is 13.6 Å². The summed E-state index contributed by atoms with van der Waals surface area (Å²) in [7, 11) is 3.05. The molecule has 0 heterocycles. The predicted molar refractivity (Wildman–Crippen MR) is 91.3 cm³/mol. The van der Waals surface area contributed by atoms with Gasteiger partial charge in [-0.1, -0.05) is 17.7 Å². The van der Waals surface area contributed by atoms with Crippen molar-refractivity contribution in [3.63, 3.8) is 0 Å². The molecule has 0 unspecified atom stereocenters. The van der Waals surface area contributed by atoms with Crippen LogP contribution < -0.4 is 9.47 Å². The summed E-state index contributed by atoms with van der Waals surface area (Å²) in [6, 6.07) is 6.90. The third-order valence-corrected chi connectivity index (χ3v) is 4.04. The topological polar surface area (TPSA) is 38.8 Å². The van der Waals surface area contributed by atoms with Crippen LogP contribution in [0, 0.1) is 11.6 Å². The van der Waals surface area contributed by atoms with Gasteiger partial charge < -0.3 is 14.4 Å². The van der Waals surface area contributed by atoms with Gasteiger partial charge in [0, 0.05) is 13.1 Å². The lowest BCUT2D eigenvalue weighted by atomic mass is 10.1. The number of nitrogens with zero attached hydrogens (tertiary/aromatic N) is 1. The monoisotopic (exact) mass is 369 g/mol. The Balaban J connectivity index is 2.28. The molecule has 2 aromatic rings. The first-order valence-electron chi connectivity index (χ1n) is 7.56. The maximum Gasteiger partial charge on any atom is 0.255 e. The van der Waals surface area contributed by atoms with Gasteiger partial charge in [-0.15, -0.1) is 0 Å². The number of ether oxygens (including phenoxy) is 2. The summed E-state index contributed by atoms with van der Waals surface area (Å²) in [5.41, 5.74) is 0.717. The van der Waals surface area contributed by atoms with Crippen LogP contribution in [0.2, 0.25) is 5.02 Å². The zero-order valence-corrected chi connectivity index (χ0v) is 14.9. The summed E-state index contributed by atoms with van der Waals surface area (Å²) in [5, 5.41) is -0.130. The lowest BCUT2D eigenvalue weighted by Crippen LogP contribution is -2.30. The Labute approximate surface area is 149 Å². The van der Waals surface area contributed by atoms with E-state index in [-0.39, 0.29) is 17.1 Å². The Kier molecular flexibility index (Phi) is 6.20. The highest BCUT2D eigenvalue weighted by atomic mass is 35.5. The molecule has 1 amide bonds. The smallest absolute Gasteiger partial charge is 0.255 e. The molecule has 4 nitrogen and oxygen atoms in total. The van der Waals surface area contributed by atoms with Crippen molar-refractivity contribution in [2.75, 3.05) is 20.8 Å². The van der Waals surface area contributed by atoms with E-state index in [1.54, 1.807) is 25.1 Å². The minimum absolute atomic E-state index is 0.0807. The van der Waals surface area contributed by atoms with Crippen molar-refractivity contribution >= 4 is 17.5 Å².